The van der Waals surface area contributed by atoms with Crippen LogP contribution in [-0.4, -0.2) is 12.6 Å². The molecule has 0 radical (unpaired) electrons. The first-order valence-electron chi connectivity index (χ1n) is 4.37. The topological polar surface area (TPSA) is 26.3 Å². The molecular weight excluding hydrogens is 140 g/mol. The lowest BCUT2D eigenvalue weighted by Crippen LogP contribution is -2.16. The van der Waals surface area contributed by atoms with Gasteiger partial charge >= 0.3 is 5.97 Å². The van der Waals surface area contributed by atoms with Crippen molar-refractivity contribution in [2.45, 2.75) is 20.3 Å². The summed E-state index contributed by atoms with van der Waals surface area (Å²) in [6.45, 7) is 5.06. The summed E-state index contributed by atoms with van der Waals surface area (Å²) in [5.41, 5.74) is 0. The highest BCUT2D eigenvalue weighted by Gasteiger charge is 2.48. The van der Waals surface area contributed by atoms with Gasteiger partial charge in [0, 0.05) is 5.92 Å². The maximum Gasteiger partial charge on any atom is 0.309 e. The average Bonchev–Trinajstić information content (AvgIpc) is 2.41. The van der Waals surface area contributed by atoms with E-state index in [-0.39, 0.29) is 11.9 Å². The lowest BCUT2D eigenvalue weighted by Gasteiger charge is -2.08. The summed E-state index contributed by atoms with van der Waals surface area (Å²) in [5.74, 6) is 2.03. The summed E-state index contributed by atoms with van der Waals surface area (Å²) in [4.78, 5) is 11.2. The van der Waals surface area contributed by atoms with Crippen LogP contribution in [0.15, 0.2) is 0 Å². The average molecular weight is 154 g/mol. The molecule has 0 amide bonds. The maximum atomic E-state index is 11.2. The van der Waals surface area contributed by atoms with E-state index < -0.39 is 0 Å². The van der Waals surface area contributed by atoms with Gasteiger partial charge in [0.05, 0.1) is 12.5 Å². The molecule has 2 rings (SSSR count). The molecule has 0 spiro atoms. The summed E-state index contributed by atoms with van der Waals surface area (Å²) >= 11 is 0. The number of hydrogen-bond donors (Lipinski definition) is 0. The van der Waals surface area contributed by atoms with E-state index in [0.717, 1.165) is 0 Å². The van der Waals surface area contributed by atoms with Crippen molar-refractivity contribution in [1.82, 2.24) is 0 Å². The molecule has 0 bridgehead atoms. The highest BCUT2D eigenvalue weighted by Crippen LogP contribution is 2.45. The van der Waals surface area contributed by atoms with Crippen molar-refractivity contribution < 1.29 is 9.53 Å². The molecule has 62 valence electrons. The number of carbonyl (C=O) groups is 1. The summed E-state index contributed by atoms with van der Waals surface area (Å²) in [6, 6.07) is 0. The third-order valence-corrected chi connectivity index (χ3v) is 3.24. The van der Waals surface area contributed by atoms with Crippen LogP contribution in [0.1, 0.15) is 20.3 Å². The molecule has 0 aromatic rings. The minimum atomic E-state index is 0.0480. The van der Waals surface area contributed by atoms with E-state index in [1.54, 1.807) is 0 Å². The van der Waals surface area contributed by atoms with E-state index in [0.29, 0.717) is 24.4 Å². The predicted octanol–water partition coefficient (Wildman–Crippen LogP) is 1.45. The molecule has 0 N–H and O–H groups in total. The van der Waals surface area contributed by atoms with Crippen LogP contribution in [-0.2, 0) is 9.53 Å². The van der Waals surface area contributed by atoms with Gasteiger partial charge in [-0.3, -0.25) is 4.79 Å². The van der Waals surface area contributed by atoms with Gasteiger partial charge in [0.25, 0.3) is 0 Å². The molecule has 1 aliphatic carbocycles. The Labute approximate surface area is 66.9 Å². The Hall–Kier alpha value is -0.530. The molecule has 2 nitrogen and oxygen atoms in total. The smallest absolute Gasteiger partial charge is 0.309 e. The number of fused-ring (bicyclic) bond motifs is 1. The van der Waals surface area contributed by atoms with E-state index in [1.165, 1.54) is 6.42 Å². The van der Waals surface area contributed by atoms with Crippen LogP contribution in [0.4, 0.5) is 0 Å². The second kappa shape index (κ2) is 2.23. The number of ether oxygens (including phenoxy) is 1. The van der Waals surface area contributed by atoms with Gasteiger partial charge in [-0.25, -0.2) is 0 Å². The summed E-state index contributed by atoms with van der Waals surface area (Å²) in [5, 5.41) is 0. The molecule has 11 heavy (non-hydrogen) atoms. The van der Waals surface area contributed by atoms with Crippen molar-refractivity contribution in [3.63, 3.8) is 0 Å². The molecule has 4 unspecified atom stereocenters. The van der Waals surface area contributed by atoms with Crippen LogP contribution in [0, 0.1) is 23.7 Å². The van der Waals surface area contributed by atoms with Crippen molar-refractivity contribution in [2.75, 3.05) is 6.61 Å². The fourth-order valence-electron chi connectivity index (χ4n) is 2.63. The Morgan fingerprint density at radius 3 is 2.73 bits per heavy atom. The zero-order valence-electron chi connectivity index (χ0n) is 7.04. The van der Waals surface area contributed by atoms with Gasteiger partial charge in [0.15, 0.2) is 0 Å². The zero-order valence-corrected chi connectivity index (χ0v) is 7.04. The van der Waals surface area contributed by atoms with Gasteiger partial charge < -0.3 is 4.74 Å². The first-order valence-corrected chi connectivity index (χ1v) is 4.37. The van der Waals surface area contributed by atoms with E-state index in [4.69, 9.17) is 4.74 Å². The van der Waals surface area contributed by atoms with Crippen molar-refractivity contribution in [1.29, 1.82) is 0 Å². The van der Waals surface area contributed by atoms with Crippen molar-refractivity contribution >= 4 is 5.97 Å². The fourth-order valence-corrected chi connectivity index (χ4v) is 2.63. The van der Waals surface area contributed by atoms with Gasteiger partial charge in [-0.05, 0) is 18.3 Å². The number of rotatable bonds is 0. The minimum Gasteiger partial charge on any atom is -0.465 e. The summed E-state index contributed by atoms with van der Waals surface area (Å²) in [6.07, 6.45) is 1.20. The van der Waals surface area contributed by atoms with E-state index in [1.807, 2.05) is 0 Å². The van der Waals surface area contributed by atoms with E-state index in [9.17, 15) is 4.79 Å². The van der Waals surface area contributed by atoms with Gasteiger partial charge in [-0.1, -0.05) is 13.8 Å². The maximum absolute atomic E-state index is 11.2. The predicted molar refractivity (Wildman–Crippen MR) is 40.9 cm³/mol. The molecule has 2 heteroatoms. The summed E-state index contributed by atoms with van der Waals surface area (Å²) < 4.78 is 5.02. The Kier molecular flexibility index (Phi) is 1.44. The Bertz CT molecular complexity index is 188. The molecule has 1 aliphatic heterocycles. The summed E-state index contributed by atoms with van der Waals surface area (Å²) in [7, 11) is 0. The van der Waals surface area contributed by atoms with Crippen LogP contribution in [0.2, 0.25) is 0 Å². The molecule has 1 saturated carbocycles. The molecule has 4 atom stereocenters. The quantitative estimate of drug-likeness (QED) is 0.494. The second-order valence-corrected chi connectivity index (χ2v) is 4.01. The highest BCUT2D eigenvalue weighted by molar-refractivity contribution is 5.75. The standard InChI is InChI=1S/C9H14O2/c1-5-3-6(2)8-7(5)4-11-9(8)10/h5-8H,3-4H2,1-2H3. The second-order valence-electron chi connectivity index (χ2n) is 4.01. The van der Waals surface area contributed by atoms with E-state index in [2.05, 4.69) is 13.8 Å². The molecule has 0 aromatic carbocycles. The van der Waals surface area contributed by atoms with Gasteiger partial charge in [-0.15, -0.1) is 0 Å². The van der Waals surface area contributed by atoms with Crippen molar-refractivity contribution in [3.8, 4) is 0 Å². The third kappa shape index (κ3) is 0.883. The fraction of sp³-hybridized carbons (Fsp3) is 0.889. The first-order chi connectivity index (χ1) is 5.20. The number of esters is 1. The van der Waals surface area contributed by atoms with Crippen LogP contribution >= 0.6 is 0 Å². The molecular formula is C9H14O2. The van der Waals surface area contributed by atoms with Crippen LogP contribution in [0.3, 0.4) is 0 Å². The Morgan fingerprint density at radius 2 is 2.09 bits per heavy atom. The highest BCUT2D eigenvalue weighted by atomic mass is 16.5. The molecule has 1 heterocycles. The normalized spacial score (nSPS) is 49.1. The molecule has 2 aliphatic rings. The van der Waals surface area contributed by atoms with Crippen LogP contribution in [0.5, 0.6) is 0 Å². The number of hydrogen-bond acceptors (Lipinski definition) is 2. The largest absolute Gasteiger partial charge is 0.465 e. The van der Waals surface area contributed by atoms with Crippen molar-refractivity contribution in [2.24, 2.45) is 23.7 Å². The van der Waals surface area contributed by atoms with Crippen molar-refractivity contribution in [3.05, 3.63) is 0 Å². The Balaban J connectivity index is 2.21. The zero-order chi connectivity index (χ0) is 8.01. The lowest BCUT2D eigenvalue weighted by atomic mass is 9.91. The van der Waals surface area contributed by atoms with Gasteiger partial charge in [0.2, 0.25) is 0 Å². The van der Waals surface area contributed by atoms with Gasteiger partial charge in [0.1, 0.15) is 0 Å². The third-order valence-electron chi connectivity index (χ3n) is 3.24. The number of carbonyl (C=O) groups excluding carboxylic acids is 1. The lowest BCUT2D eigenvalue weighted by molar-refractivity contribution is -0.142. The van der Waals surface area contributed by atoms with Gasteiger partial charge in [-0.2, -0.15) is 0 Å². The Morgan fingerprint density at radius 1 is 1.36 bits per heavy atom. The molecule has 2 fully saturated rings. The minimum absolute atomic E-state index is 0.0480. The number of cyclic esters (lactones) is 1. The monoisotopic (exact) mass is 154 g/mol. The SMILES string of the molecule is CC1CC(C)C2C(=O)OCC12. The molecule has 0 aromatic heterocycles. The van der Waals surface area contributed by atoms with Crippen LogP contribution < -0.4 is 0 Å². The van der Waals surface area contributed by atoms with E-state index >= 15 is 0 Å². The van der Waals surface area contributed by atoms with Crippen LogP contribution in [0.25, 0.3) is 0 Å². The first kappa shape index (κ1) is 7.14. The molecule has 1 saturated heterocycles.